The van der Waals surface area contributed by atoms with Gasteiger partial charge in [0, 0.05) is 5.02 Å². The van der Waals surface area contributed by atoms with Crippen LogP contribution in [0.5, 0.6) is 0 Å². The zero-order chi connectivity index (χ0) is 14.8. The summed E-state index contributed by atoms with van der Waals surface area (Å²) in [5, 5.41) is 12.6. The molecule has 1 amide bonds. The number of aliphatic carboxylic acids is 1. The summed E-state index contributed by atoms with van der Waals surface area (Å²) in [7, 11) is 0. The number of halogens is 2. The Morgan fingerprint density at radius 3 is 2.45 bits per heavy atom. The number of benzene rings is 1. The molecule has 0 radical (unpaired) electrons. The molecule has 1 aliphatic carbocycles. The quantitative estimate of drug-likeness (QED) is 0.893. The molecule has 1 saturated carbocycles. The molecule has 1 aromatic rings. The molecule has 0 heterocycles. The van der Waals surface area contributed by atoms with Crippen LogP contribution in [-0.2, 0) is 4.79 Å². The second kappa shape index (κ2) is 6.02. The fraction of sp³-hybridized carbons (Fsp3) is 0.429. The number of hydrogen-bond acceptors (Lipinski definition) is 2. The molecule has 2 rings (SSSR count). The number of amides is 1. The van der Waals surface area contributed by atoms with E-state index in [-0.39, 0.29) is 17.4 Å². The van der Waals surface area contributed by atoms with Crippen molar-refractivity contribution >= 4 is 35.1 Å². The molecule has 4 nitrogen and oxygen atoms in total. The highest BCUT2D eigenvalue weighted by molar-refractivity contribution is 6.36. The van der Waals surface area contributed by atoms with Gasteiger partial charge in [0.1, 0.15) is 0 Å². The second-order valence-electron chi connectivity index (χ2n) is 5.14. The SMILES string of the molecule is O=C(O)CC1(NC(=O)c2ccc(Cl)cc2Cl)CCCC1. The number of carbonyl (C=O) groups excluding carboxylic acids is 1. The lowest BCUT2D eigenvalue weighted by Gasteiger charge is -2.28. The average Bonchev–Trinajstić information content (AvgIpc) is 2.75. The minimum Gasteiger partial charge on any atom is -0.481 e. The van der Waals surface area contributed by atoms with Crippen LogP contribution in [0.25, 0.3) is 0 Å². The lowest BCUT2D eigenvalue weighted by molar-refractivity contribution is -0.138. The Hall–Kier alpha value is -1.26. The molecule has 0 atom stereocenters. The average molecular weight is 316 g/mol. The summed E-state index contributed by atoms with van der Waals surface area (Å²) in [4.78, 5) is 23.3. The third-order valence-corrected chi connectivity index (χ3v) is 4.15. The van der Waals surface area contributed by atoms with E-state index in [1.54, 1.807) is 12.1 Å². The number of carboxylic acid groups (broad SMARTS) is 1. The lowest BCUT2D eigenvalue weighted by atomic mass is 9.92. The first-order valence-electron chi connectivity index (χ1n) is 6.41. The van der Waals surface area contributed by atoms with E-state index in [1.165, 1.54) is 6.07 Å². The molecular formula is C14H15Cl2NO3. The van der Waals surface area contributed by atoms with E-state index in [4.69, 9.17) is 28.3 Å². The first-order valence-corrected chi connectivity index (χ1v) is 7.17. The first-order chi connectivity index (χ1) is 9.42. The molecule has 6 heteroatoms. The highest BCUT2D eigenvalue weighted by Crippen LogP contribution is 2.33. The first kappa shape index (κ1) is 15.1. The third kappa shape index (κ3) is 3.44. The lowest BCUT2D eigenvalue weighted by Crippen LogP contribution is -2.47. The van der Waals surface area contributed by atoms with Gasteiger partial charge in [0.05, 0.1) is 22.5 Å². The molecule has 0 bridgehead atoms. The van der Waals surface area contributed by atoms with Crippen molar-refractivity contribution in [3.05, 3.63) is 33.8 Å². The molecule has 0 unspecified atom stereocenters. The Bertz CT molecular complexity index is 539. The summed E-state index contributed by atoms with van der Waals surface area (Å²) in [5.41, 5.74) is -0.348. The van der Waals surface area contributed by atoms with Crippen LogP contribution in [-0.4, -0.2) is 22.5 Å². The Kier molecular flexibility index (Phi) is 4.55. The fourth-order valence-corrected chi connectivity index (χ4v) is 3.16. The number of rotatable bonds is 4. The van der Waals surface area contributed by atoms with Crippen molar-refractivity contribution < 1.29 is 14.7 Å². The van der Waals surface area contributed by atoms with Crippen molar-refractivity contribution in [1.29, 1.82) is 0 Å². The van der Waals surface area contributed by atoms with Crippen molar-refractivity contribution in [3.63, 3.8) is 0 Å². The van der Waals surface area contributed by atoms with E-state index in [0.717, 1.165) is 12.8 Å². The van der Waals surface area contributed by atoms with Gasteiger partial charge < -0.3 is 10.4 Å². The van der Waals surface area contributed by atoms with E-state index < -0.39 is 11.5 Å². The van der Waals surface area contributed by atoms with Gasteiger partial charge in [-0.15, -0.1) is 0 Å². The van der Waals surface area contributed by atoms with Gasteiger partial charge in [-0.2, -0.15) is 0 Å². The van der Waals surface area contributed by atoms with Crippen LogP contribution in [0.1, 0.15) is 42.5 Å². The molecule has 0 spiro atoms. The van der Waals surface area contributed by atoms with Crippen molar-refractivity contribution in [2.24, 2.45) is 0 Å². The summed E-state index contributed by atoms with van der Waals surface area (Å²) < 4.78 is 0. The zero-order valence-corrected chi connectivity index (χ0v) is 12.3. The molecular weight excluding hydrogens is 301 g/mol. The Balaban J connectivity index is 2.18. The van der Waals surface area contributed by atoms with E-state index in [9.17, 15) is 9.59 Å². The van der Waals surface area contributed by atoms with Crippen LogP contribution < -0.4 is 5.32 Å². The normalized spacial score (nSPS) is 16.9. The summed E-state index contributed by atoms with van der Waals surface area (Å²) in [6.07, 6.45) is 3.13. The van der Waals surface area contributed by atoms with Crippen LogP contribution in [0.15, 0.2) is 18.2 Å². The molecule has 0 aliphatic heterocycles. The van der Waals surface area contributed by atoms with E-state index in [1.807, 2.05) is 0 Å². The van der Waals surface area contributed by atoms with Crippen molar-refractivity contribution in [3.8, 4) is 0 Å². The molecule has 2 N–H and O–H groups in total. The van der Waals surface area contributed by atoms with Crippen LogP contribution in [0.3, 0.4) is 0 Å². The molecule has 0 aromatic heterocycles. The summed E-state index contributed by atoms with van der Waals surface area (Å²) in [5.74, 6) is -1.26. The Morgan fingerprint density at radius 1 is 1.25 bits per heavy atom. The highest BCUT2D eigenvalue weighted by atomic mass is 35.5. The predicted molar refractivity (Wildman–Crippen MR) is 77.4 cm³/mol. The number of hydrogen-bond donors (Lipinski definition) is 2. The van der Waals surface area contributed by atoms with Gasteiger partial charge in [-0.25, -0.2) is 0 Å². The summed E-state index contributed by atoms with van der Waals surface area (Å²) in [6.45, 7) is 0. The number of carboxylic acids is 1. The third-order valence-electron chi connectivity index (χ3n) is 3.60. The molecule has 108 valence electrons. The molecule has 1 aromatic carbocycles. The van der Waals surface area contributed by atoms with E-state index in [0.29, 0.717) is 23.4 Å². The van der Waals surface area contributed by atoms with Crippen molar-refractivity contribution in [2.45, 2.75) is 37.6 Å². The highest BCUT2D eigenvalue weighted by Gasteiger charge is 2.37. The van der Waals surface area contributed by atoms with Gasteiger partial charge in [-0.3, -0.25) is 9.59 Å². The summed E-state index contributed by atoms with van der Waals surface area (Å²) in [6, 6.07) is 4.63. The van der Waals surface area contributed by atoms with Gasteiger partial charge >= 0.3 is 5.97 Å². The van der Waals surface area contributed by atoms with Crippen LogP contribution >= 0.6 is 23.2 Å². The zero-order valence-electron chi connectivity index (χ0n) is 10.8. The van der Waals surface area contributed by atoms with Gasteiger partial charge in [-0.05, 0) is 31.0 Å². The molecule has 1 fully saturated rings. The van der Waals surface area contributed by atoms with Gasteiger partial charge in [0.15, 0.2) is 0 Å². The molecule has 1 aliphatic rings. The minimum atomic E-state index is -0.908. The fourth-order valence-electron chi connectivity index (χ4n) is 2.67. The van der Waals surface area contributed by atoms with Crippen molar-refractivity contribution in [2.75, 3.05) is 0 Å². The van der Waals surface area contributed by atoms with Crippen LogP contribution in [0.2, 0.25) is 10.0 Å². The summed E-state index contributed by atoms with van der Waals surface area (Å²) >= 11 is 11.8. The second-order valence-corrected chi connectivity index (χ2v) is 5.98. The van der Waals surface area contributed by atoms with Gasteiger partial charge in [0.25, 0.3) is 5.91 Å². The standard InChI is InChI=1S/C14H15Cl2NO3/c15-9-3-4-10(11(16)7-9)13(20)17-14(8-12(18)19)5-1-2-6-14/h3-4,7H,1-2,5-6,8H2,(H,17,20)(H,18,19). The minimum absolute atomic E-state index is 0.0655. The maximum Gasteiger partial charge on any atom is 0.305 e. The van der Waals surface area contributed by atoms with E-state index in [2.05, 4.69) is 5.32 Å². The molecule has 0 saturated heterocycles. The smallest absolute Gasteiger partial charge is 0.305 e. The molecule has 20 heavy (non-hydrogen) atoms. The number of carbonyl (C=O) groups is 2. The van der Waals surface area contributed by atoms with Crippen LogP contribution in [0, 0.1) is 0 Å². The van der Waals surface area contributed by atoms with E-state index >= 15 is 0 Å². The monoisotopic (exact) mass is 315 g/mol. The van der Waals surface area contributed by atoms with Crippen molar-refractivity contribution in [1.82, 2.24) is 5.32 Å². The van der Waals surface area contributed by atoms with Crippen LogP contribution in [0.4, 0.5) is 0 Å². The Morgan fingerprint density at radius 2 is 1.90 bits per heavy atom. The largest absolute Gasteiger partial charge is 0.481 e. The topological polar surface area (TPSA) is 66.4 Å². The predicted octanol–water partition coefficient (Wildman–Crippen LogP) is 3.51. The Labute approximate surface area is 127 Å². The van der Waals surface area contributed by atoms with Gasteiger partial charge in [0.2, 0.25) is 0 Å². The maximum absolute atomic E-state index is 12.3. The van der Waals surface area contributed by atoms with Gasteiger partial charge in [-0.1, -0.05) is 36.0 Å². The number of nitrogens with one attached hydrogen (secondary N) is 1. The maximum atomic E-state index is 12.3.